The Morgan fingerprint density at radius 3 is 2.76 bits per heavy atom. The molecule has 5 heteroatoms. The standard InChI is InChI=1S/C12H15Cl2NO2/c1-3-17-7-12(16)15-8(2)10-5-4-9(13)6-11(10)14/h4-6,8H,3,7H2,1-2H3,(H,15,16)/t8-/m1/s1. The summed E-state index contributed by atoms with van der Waals surface area (Å²) in [5.74, 6) is -0.162. The Kier molecular flexibility index (Phi) is 5.75. The number of amides is 1. The van der Waals surface area contributed by atoms with Crippen molar-refractivity contribution in [3.05, 3.63) is 33.8 Å². The zero-order valence-corrected chi connectivity index (χ0v) is 11.3. The van der Waals surface area contributed by atoms with Gasteiger partial charge in [0.2, 0.25) is 5.91 Å². The van der Waals surface area contributed by atoms with Gasteiger partial charge in [-0.2, -0.15) is 0 Å². The summed E-state index contributed by atoms with van der Waals surface area (Å²) in [5.41, 5.74) is 0.834. The maximum atomic E-state index is 11.5. The second-order valence-corrected chi connectivity index (χ2v) is 4.44. The topological polar surface area (TPSA) is 38.3 Å². The van der Waals surface area contributed by atoms with E-state index in [4.69, 9.17) is 27.9 Å². The molecule has 1 N–H and O–H groups in total. The average molecular weight is 276 g/mol. The molecule has 0 aromatic heterocycles. The van der Waals surface area contributed by atoms with Gasteiger partial charge in [0, 0.05) is 16.7 Å². The third kappa shape index (κ3) is 4.54. The minimum Gasteiger partial charge on any atom is -0.372 e. The molecule has 0 aliphatic carbocycles. The van der Waals surface area contributed by atoms with Crippen molar-refractivity contribution >= 4 is 29.1 Å². The van der Waals surface area contributed by atoms with Gasteiger partial charge in [-0.25, -0.2) is 0 Å². The minimum atomic E-state index is -0.173. The van der Waals surface area contributed by atoms with Crippen molar-refractivity contribution in [1.82, 2.24) is 5.32 Å². The molecule has 0 heterocycles. The molecular formula is C12H15Cl2NO2. The second kappa shape index (κ2) is 6.84. The fraction of sp³-hybridized carbons (Fsp3) is 0.417. The third-order valence-corrected chi connectivity index (χ3v) is 2.81. The largest absolute Gasteiger partial charge is 0.372 e. The lowest BCUT2D eigenvalue weighted by Crippen LogP contribution is -2.30. The maximum Gasteiger partial charge on any atom is 0.246 e. The van der Waals surface area contributed by atoms with Gasteiger partial charge in [0.25, 0.3) is 0 Å². The van der Waals surface area contributed by atoms with E-state index in [2.05, 4.69) is 5.32 Å². The van der Waals surface area contributed by atoms with E-state index >= 15 is 0 Å². The predicted octanol–water partition coefficient (Wildman–Crippen LogP) is 3.21. The number of carbonyl (C=O) groups is 1. The number of halogens is 2. The zero-order chi connectivity index (χ0) is 12.8. The van der Waals surface area contributed by atoms with Crippen LogP contribution in [-0.4, -0.2) is 19.1 Å². The van der Waals surface area contributed by atoms with Crippen molar-refractivity contribution in [1.29, 1.82) is 0 Å². The normalized spacial score (nSPS) is 12.2. The fourth-order valence-electron chi connectivity index (χ4n) is 1.41. The van der Waals surface area contributed by atoms with Crippen LogP contribution in [0.2, 0.25) is 10.0 Å². The van der Waals surface area contributed by atoms with Crippen molar-refractivity contribution < 1.29 is 9.53 Å². The van der Waals surface area contributed by atoms with E-state index in [-0.39, 0.29) is 18.6 Å². The van der Waals surface area contributed by atoms with Gasteiger partial charge in [-0.05, 0) is 31.5 Å². The molecule has 17 heavy (non-hydrogen) atoms. The highest BCUT2D eigenvalue weighted by Gasteiger charge is 2.12. The van der Waals surface area contributed by atoms with E-state index in [1.165, 1.54) is 0 Å². The lowest BCUT2D eigenvalue weighted by Gasteiger charge is -2.15. The summed E-state index contributed by atoms with van der Waals surface area (Å²) in [6, 6.07) is 5.03. The number of nitrogens with one attached hydrogen (secondary N) is 1. The van der Waals surface area contributed by atoms with Gasteiger partial charge in [0.05, 0.1) is 6.04 Å². The van der Waals surface area contributed by atoms with Crippen LogP contribution in [-0.2, 0) is 9.53 Å². The summed E-state index contributed by atoms with van der Waals surface area (Å²) < 4.78 is 5.02. The van der Waals surface area contributed by atoms with E-state index in [0.717, 1.165) is 5.56 Å². The Bertz CT molecular complexity index is 396. The Balaban J connectivity index is 2.63. The van der Waals surface area contributed by atoms with Crippen LogP contribution in [0.1, 0.15) is 25.5 Å². The molecule has 0 bridgehead atoms. The summed E-state index contributed by atoms with van der Waals surface area (Å²) in [5, 5.41) is 3.92. The van der Waals surface area contributed by atoms with Gasteiger partial charge in [-0.1, -0.05) is 29.3 Å². The van der Waals surface area contributed by atoms with E-state index in [1.54, 1.807) is 18.2 Å². The van der Waals surface area contributed by atoms with Crippen LogP contribution in [0.5, 0.6) is 0 Å². The van der Waals surface area contributed by atoms with E-state index in [1.807, 2.05) is 13.8 Å². The molecule has 1 atom stereocenters. The molecule has 0 aliphatic heterocycles. The number of hydrogen-bond donors (Lipinski definition) is 1. The van der Waals surface area contributed by atoms with E-state index in [9.17, 15) is 4.79 Å². The van der Waals surface area contributed by atoms with Crippen molar-refractivity contribution in [2.24, 2.45) is 0 Å². The monoisotopic (exact) mass is 275 g/mol. The van der Waals surface area contributed by atoms with Crippen LogP contribution in [0, 0.1) is 0 Å². The maximum absolute atomic E-state index is 11.5. The number of rotatable bonds is 5. The molecule has 0 unspecified atom stereocenters. The molecule has 1 amide bonds. The van der Waals surface area contributed by atoms with Crippen molar-refractivity contribution in [2.45, 2.75) is 19.9 Å². The van der Waals surface area contributed by atoms with E-state index < -0.39 is 0 Å². The summed E-state index contributed by atoms with van der Waals surface area (Å²) in [4.78, 5) is 11.5. The Labute approximate surface area is 111 Å². The number of benzene rings is 1. The predicted molar refractivity (Wildman–Crippen MR) is 69.5 cm³/mol. The molecule has 0 radical (unpaired) electrons. The molecule has 1 aromatic rings. The van der Waals surface area contributed by atoms with Gasteiger partial charge in [0.15, 0.2) is 0 Å². The molecular weight excluding hydrogens is 261 g/mol. The van der Waals surface area contributed by atoms with Crippen LogP contribution in [0.3, 0.4) is 0 Å². The number of hydrogen-bond acceptors (Lipinski definition) is 2. The minimum absolute atomic E-state index is 0.0616. The van der Waals surface area contributed by atoms with Crippen LogP contribution in [0.4, 0.5) is 0 Å². The highest BCUT2D eigenvalue weighted by Crippen LogP contribution is 2.25. The Hall–Kier alpha value is -0.770. The lowest BCUT2D eigenvalue weighted by molar-refractivity contribution is -0.126. The molecule has 0 spiro atoms. The summed E-state index contributed by atoms with van der Waals surface area (Å²) in [6.07, 6.45) is 0. The summed E-state index contributed by atoms with van der Waals surface area (Å²) in [7, 11) is 0. The molecule has 0 aliphatic rings. The van der Waals surface area contributed by atoms with Gasteiger partial charge in [0.1, 0.15) is 6.61 Å². The molecule has 0 saturated heterocycles. The van der Waals surface area contributed by atoms with Crippen LogP contribution in [0.25, 0.3) is 0 Å². The molecule has 0 fully saturated rings. The first-order valence-electron chi connectivity index (χ1n) is 5.36. The molecule has 94 valence electrons. The van der Waals surface area contributed by atoms with Crippen LogP contribution >= 0.6 is 23.2 Å². The van der Waals surface area contributed by atoms with Gasteiger partial charge in [-0.15, -0.1) is 0 Å². The van der Waals surface area contributed by atoms with Crippen molar-refractivity contribution in [2.75, 3.05) is 13.2 Å². The average Bonchev–Trinajstić information content (AvgIpc) is 2.26. The highest BCUT2D eigenvalue weighted by molar-refractivity contribution is 6.35. The first-order chi connectivity index (χ1) is 8.04. The van der Waals surface area contributed by atoms with E-state index in [0.29, 0.717) is 16.7 Å². The smallest absolute Gasteiger partial charge is 0.246 e. The second-order valence-electron chi connectivity index (χ2n) is 3.59. The van der Waals surface area contributed by atoms with Crippen molar-refractivity contribution in [3.63, 3.8) is 0 Å². The fourth-order valence-corrected chi connectivity index (χ4v) is 1.98. The van der Waals surface area contributed by atoms with Crippen molar-refractivity contribution in [3.8, 4) is 0 Å². The number of ether oxygens (including phenoxy) is 1. The molecule has 1 rings (SSSR count). The third-order valence-electron chi connectivity index (χ3n) is 2.24. The first-order valence-corrected chi connectivity index (χ1v) is 6.12. The zero-order valence-electron chi connectivity index (χ0n) is 9.80. The van der Waals surface area contributed by atoms with Gasteiger partial charge < -0.3 is 10.1 Å². The van der Waals surface area contributed by atoms with Crippen LogP contribution in [0.15, 0.2) is 18.2 Å². The molecule has 1 aromatic carbocycles. The number of carbonyl (C=O) groups excluding carboxylic acids is 1. The molecule has 0 saturated carbocycles. The Morgan fingerprint density at radius 1 is 1.47 bits per heavy atom. The quantitative estimate of drug-likeness (QED) is 0.896. The van der Waals surface area contributed by atoms with Gasteiger partial charge in [-0.3, -0.25) is 4.79 Å². The lowest BCUT2D eigenvalue weighted by atomic mass is 10.1. The van der Waals surface area contributed by atoms with Gasteiger partial charge >= 0.3 is 0 Å². The highest BCUT2D eigenvalue weighted by atomic mass is 35.5. The van der Waals surface area contributed by atoms with Crippen LogP contribution < -0.4 is 5.32 Å². The first kappa shape index (κ1) is 14.3. The summed E-state index contributed by atoms with van der Waals surface area (Å²) >= 11 is 11.8. The SMILES string of the molecule is CCOCC(=O)N[C@H](C)c1ccc(Cl)cc1Cl. The summed E-state index contributed by atoms with van der Waals surface area (Å²) in [6.45, 7) is 4.28. The Morgan fingerprint density at radius 2 is 2.18 bits per heavy atom. The molecule has 3 nitrogen and oxygen atoms in total.